The summed E-state index contributed by atoms with van der Waals surface area (Å²) in [7, 11) is 3.11. The highest BCUT2D eigenvalue weighted by Gasteiger charge is 2.33. The molecular formula is C28H30N6O7. The van der Waals surface area contributed by atoms with Crippen LogP contribution in [0.2, 0.25) is 0 Å². The quantitative estimate of drug-likeness (QED) is 0.370. The highest BCUT2D eigenvalue weighted by molar-refractivity contribution is 6.01. The van der Waals surface area contributed by atoms with Gasteiger partial charge in [-0.05, 0) is 30.9 Å². The predicted molar refractivity (Wildman–Crippen MR) is 144 cm³/mol. The molecule has 0 spiro atoms. The molecule has 3 atom stereocenters. The van der Waals surface area contributed by atoms with Crippen LogP contribution in [0, 0.1) is 11.3 Å². The van der Waals surface area contributed by atoms with Crippen molar-refractivity contribution >= 4 is 29.9 Å². The van der Waals surface area contributed by atoms with E-state index in [-0.39, 0.29) is 35.0 Å². The number of hydrogen-bond acceptors (Lipinski definition) is 11. The number of anilines is 2. The van der Waals surface area contributed by atoms with E-state index in [0.717, 1.165) is 5.56 Å². The van der Waals surface area contributed by atoms with Gasteiger partial charge >= 0.3 is 6.03 Å². The van der Waals surface area contributed by atoms with E-state index in [0.29, 0.717) is 75.5 Å². The van der Waals surface area contributed by atoms with Crippen LogP contribution in [-0.4, -0.2) is 92.0 Å². The van der Waals surface area contributed by atoms with Crippen LogP contribution in [0.5, 0.6) is 5.75 Å². The molecule has 41 heavy (non-hydrogen) atoms. The number of methoxy groups -OCH3 is 2. The normalized spacial score (nSPS) is 21.7. The van der Waals surface area contributed by atoms with Gasteiger partial charge < -0.3 is 23.8 Å². The van der Waals surface area contributed by atoms with Crippen molar-refractivity contribution in [1.82, 2.24) is 14.9 Å². The van der Waals surface area contributed by atoms with Crippen LogP contribution in [0.3, 0.4) is 0 Å². The largest absolute Gasteiger partial charge is 0.484 e. The third-order valence-corrected chi connectivity index (χ3v) is 7.47. The van der Waals surface area contributed by atoms with Gasteiger partial charge in [-0.25, -0.2) is 19.6 Å². The molecule has 2 saturated heterocycles. The summed E-state index contributed by atoms with van der Waals surface area (Å²) in [5, 5.41) is 12.3. The fraction of sp³-hybridized carbons (Fsp3) is 0.464. The second-order valence-electron chi connectivity index (χ2n) is 9.89. The fourth-order valence-electron chi connectivity index (χ4n) is 5.32. The number of urea groups is 1. The van der Waals surface area contributed by atoms with Crippen LogP contribution in [0.15, 0.2) is 24.0 Å². The third-order valence-electron chi connectivity index (χ3n) is 7.47. The van der Waals surface area contributed by atoms with E-state index in [2.05, 4.69) is 15.3 Å². The van der Waals surface area contributed by atoms with Gasteiger partial charge in [0.25, 0.3) is 0 Å². The van der Waals surface area contributed by atoms with E-state index in [4.69, 9.17) is 18.9 Å². The maximum absolute atomic E-state index is 13.4. The topological polar surface area (TPSA) is 156 Å². The number of nitrogens with zero attached hydrogens (tertiary/aromatic N) is 5. The van der Waals surface area contributed by atoms with E-state index >= 15 is 0 Å². The number of carbonyl (C=O) groups excluding carboxylic acids is 3. The molecule has 0 saturated carbocycles. The van der Waals surface area contributed by atoms with Crippen LogP contribution in [0.25, 0.3) is 0 Å². The molecule has 5 heterocycles. The lowest BCUT2D eigenvalue weighted by Gasteiger charge is -2.29. The minimum absolute atomic E-state index is 0.186. The molecule has 5 rings (SSSR count). The third kappa shape index (κ3) is 5.77. The molecule has 0 aliphatic carbocycles. The summed E-state index contributed by atoms with van der Waals surface area (Å²) >= 11 is 0. The summed E-state index contributed by atoms with van der Waals surface area (Å²) in [6, 6.07) is 4.92. The number of aromatic nitrogens is 2. The summed E-state index contributed by atoms with van der Waals surface area (Å²) in [5.74, 6) is 2.79. The second-order valence-corrected chi connectivity index (χ2v) is 9.89. The molecule has 0 aromatic carbocycles. The number of aldehydes is 1. The molecular weight excluding hydrogens is 532 g/mol. The standard InChI is InChI=1S/C28H30N6O7/c1-38-22-5-7-33(21(22)14-36)12-18-8-17-4-3-6-34(27(17)31-20(18)13-35)28(37)32-26-9-23(19(10-29)11-30-26)41-25-16-40-15-24(25)39-2/h8-9,11,13,22,24-25H,3-7,12,15-16H2,1-2H3,(H,30,32,37)/t22-,24-,25-/m1/s1. The zero-order chi connectivity index (χ0) is 28.9. The number of aryl methyl sites for hydroxylation is 1. The molecule has 2 aromatic rings. The van der Waals surface area contributed by atoms with Crippen LogP contribution in [0.4, 0.5) is 16.4 Å². The van der Waals surface area contributed by atoms with E-state index in [1.807, 2.05) is 23.0 Å². The molecule has 0 unspecified atom stereocenters. The van der Waals surface area contributed by atoms with Crippen LogP contribution >= 0.6 is 0 Å². The Morgan fingerprint density at radius 1 is 1.24 bits per heavy atom. The molecule has 214 valence electrons. The predicted octanol–water partition coefficient (Wildman–Crippen LogP) is 1.87. The van der Waals surface area contributed by atoms with Gasteiger partial charge in [-0.3, -0.25) is 15.0 Å². The Balaban J connectivity index is 1.35. The van der Waals surface area contributed by atoms with Gasteiger partial charge in [0.15, 0.2) is 12.4 Å². The Labute approximate surface area is 236 Å². The van der Waals surface area contributed by atoms with Gasteiger partial charge in [0.1, 0.15) is 58.6 Å². The van der Waals surface area contributed by atoms with Gasteiger partial charge in [0.05, 0.1) is 19.4 Å². The average molecular weight is 563 g/mol. The number of nitrogens with one attached hydrogen (secondary N) is 1. The lowest BCUT2D eigenvalue weighted by molar-refractivity contribution is 0.0325. The highest BCUT2D eigenvalue weighted by Crippen LogP contribution is 2.31. The van der Waals surface area contributed by atoms with Crippen molar-refractivity contribution in [3.8, 4) is 11.8 Å². The molecule has 2 amide bonds. The first-order chi connectivity index (χ1) is 20.0. The Hall–Kier alpha value is -4.34. The van der Waals surface area contributed by atoms with E-state index in [1.54, 1.807) is 14.2 Å². The summed E-state index contributed by atoms with van der Waals surface area (Å²) in [5.41, 5.74) is 2.29. The van der Waals surface area contributed by atoms with Gasteiger partial charge in [-0.15, -0.1) is 0 Å². The number of ether oxygens (including phenoxy) is 4. The summed E-state index contributed by atoms with van der Waals surface area (Å²) in [6.45, 7) is 1.97. The van der Waals surface area contributed by atoms with E-state index in [9.17, 15) is 19.6 Å². The minimum atomic E-state index is -0.487. The van der Waals surface area contributed by atoms with Crippen LogP contribution in [0.1, 0.15) is 40.0 Å². The van der Waals surface area contributed by atoms with Crippen molar-refractivity contribution in [2.24, 2.45) is 0 Å². The molecule has 2 fully saturated rings. The number of amides is 2. The summed E-state index contributed by atoms with van der Waals surface area (Å²) < 4.78 is 22.1. The van der Waals surface area contributed by atoms with Crippen molar-refractivity contribution < 1.29 is 33.3 Å². The van der Waals surface area contributed by atoms with Crippen molar-refractivity contribution in [1.29, 1.82) is 5.26 Å². The lowest BCUT2D eigenvalue weighted by atomic mass is 10.0. The average Bonchev–Trinajstić information content (AvgIpc) is 3.62. The Bertz CT molecular complexity index is 1420. The van der Waals surface area contributed by atoms with Crippen molar-refractivity contribution in [2.75, 3.05) is 50.7 Å². The van der Waals surface area contributed by atoms with Gasteiger partial charge in [-0.2, -0.15) is 5.26 Å². The Morgan fingerprint density at radius 2 is 2.07 bits per heavy atom. The first-order valence-electron chi connectivity index (χ1n) is 13.3. The lowest BCUT2D eigenvalue weighted by Crippen LogP contribution is -2.40. The summed E-state index contributed by atoms with van der Waals surface area (Å²) in [4.78, 5) is 49.0. The maximum Gasteiger partial charge on any atom is 0.328 e. The van der Waals surface area contributed by atoms with Gasteiger partial charge in [0, 0.05) is 45.5 Å². The zero-order valence-electron chi connectivity index (χ0n) is 22.8. The number of likely N-dealkylation sites (tertiary alicyclic amines) is 1. The smallest absolute Gasteiger partial charge is 0.328 e. The SMILES string of the molecule is CO[C@@H]1CCN(Cc2cc3c(nc2C=O)N(C(=O)Nc2cc(O[C@@H]4COC[C@H]4OC)c(C#N)cn2)CCC3)C1=C=O. The number of carbonyl (C=O) groups is 2. The number of rotatable bonds is 8. The number of fused-ring (bicyclic) bond motifs is 1. The van der Waals surface area contributed by atoms with Gasteiger partial charge in [-0.1, -0.05) is 0 Å². The van der Waals surface area contributed by atoms with E-state index < -0.39 is 12.1 Å². The number of hydrogen-bond donors (Lipinski definition) is 1. The molecule has 2 aromatic heterocycles. The first kappa shape index (κ1) is 28.2. The van der Waals surface area contributed by atoms with E-state index in [1.165, 1.54) is 17.2 Å². The molecule has 13 nitrogen and oxygen atoms in total. The van der Waals surface area contributed by atoms with Crippen molar-refractivity contribution in [3.63, 3.8) is 0 Å². The fourth-order valence-corrected chi connectivity index (χ4v) is 5.32. The molecule has 3 aliphatic rings. The Morgan fingerprint density at radius 3 is 2.80 bits per heavy atom. The molecule has 0 bridgehead atoms. The second kappa shape index (κ2) is 12.4. The van der Waals surface area contributed by atoms with Crippen LogP contribution in [-0.2, 0) is 32.0 Å². The van der Waals surface area contributed by atoms with Crippen molar-refractivity contribution in [3.05, 3.63) is 46.4 Å². The highest BCUT2D eigenvalue weighted by atomic mass is 16.6. The maximum atomic E-state index is 13.4. The molecule has 3 aliphatic heterocycles. The number of nitriles is 1. The van der Waals surface area contributed by atoms with Crippen molar-refractivity contribution in [2.45, 2.75) is 44.1 Å². The Kier molecular flexibility index (Phi) is 8.56. The molecule has 0 radical (unpaired) electrons. The first-order valence-corrected chi connectivity index (χ1v) is 13.3. The minimum Gasteiger partial charge on any atom is -0.484 e. The molecule has 13 heteroatoms. The van der Waals surface area contributed by atoms with Crippen LogP contribution < -0.4 is 15.0 Å². The molecule has 1 N–H and O–H groups in total. The number of pyridine rings is 2. The van der Waals surface area contributed by atoms with Gasteiger partial charge in [0.2, 0.25) is 0 Å². The zero-order valence-corrected chi connectivity index (χ0v) is 22.8. The summed E-state index contributed by atoms with van der Waals surface area (Å²) in [6.07, 6.45) is 2.97. The monoisotopic (exact) mass is 562 g/mol.